The Labute approximate surface area is 144 Å². The van der Waals surface area contributed by atoms with E-state index in [1.165, 1.54) is 12.1 Å². The van der Waals surface area contributed by atoms with Crippen LogP contribution in [0.5, 0.6) is 0 Å². The van der Waals surface area contributed by atoms with Gasteiger partial charge in [-0.15, -0.1) is 0 Å². The fraction of sp³-hybridized carbons (Fsp3) is 0.211. The van der Waals surface area contributed by atoms with Crippen molar-refractivity contribution < 1.29 is 13.7 Å². The molecule has 0 fully saturated rings. The molecule has 0 aliphatic rings. The second kappa shape index (κ2) is 7.25. The lowest BCUT2D eigenvalue weighted by Gasteiger charge is -2.13. The molecule has 3 rings (SSSR count). The van der Waals surface area contributed by atoms with E-state index in [0.29, 0.717) is 29.3 Å². The van der Waals surface area contributed by atoms with E-state index in [4.69, 9.17) is 4.52 Å². The third-order valence-electron chi connectivity index (χ3n) is 3.87. The highest BCUT2D eigenvalue weighted by molar-refractivity contribution is 5.95. The van der Waals surface area contributed by atoms with Gasteiger partial charge in [0.2, 0.25) is 11.7 Å². The van der Waals surface area contributed by atoms with Crippen LogP contribution < -0.4 is 5.32 Å². The Kier molecular flexibility index (Phi) is 4.88. The first-order valence-electron chi connectivity index (χ1n) is 7.98. The van der Waals surface area contributed by atoms with Gasteiger partial charge in [-0.05, 0) is 31.5 Å². The van der Waals surface area contributed by atoms with E-state index in [1.807, 2.05) is 37.3 Å². The standard InChI is InChI=1S/C19H18FN3O2/c1-12(21-19(24)15-9-6-10-16(20)13(15)2)11-17-22-18(23-25-17)14-7-4-3-5-8-14/h3-10,12H,11H2,1-2H3,(H,21,24). The van der Waals surface area contributed by atoms with Crippen LogP contribution in [0.3, 0.4) is 0 Å². The highest BCUT2D eigenvalue weighted by Crippen LogP contribution is 2.16. The molecule has 1 unspecified atom stereocenters. The fourth-order valence-corrected chi connectivity index (χ4v) is 2.51. The summed E-state index contributed by atoms with van der Waals surface area (Å²) in [7, 11) is 0. The molecule has 128 valence electrons. The molecule has 0 aliphatic heterocycles. The minimum absolute atomic E-state index is 0.237. The zero-order valence-electron chi connectivity index (χ0n) is 14.0. The van der Waals surface area contributed by atoms with Gasteiger partial charge in [0.1, 0.15) is 5.82 Å². The molecule has 6 heteroatoms. The second-order valence-corrected chi connectivity index (χ2v) is 5.87. The summed E-state index contributed by atoms with van der Waals surface area (Å²) in [5.41, 5.74) is 1.52. The van der Waals surface area contributed by atoms with Gasteiger partial charge in [0.15, 0.2) is 0 Å². The van der Waals surface area contributed by atoms with Crippen LogP contribution in [0.1, 0.15) is 28.7 Å². The van der Waals surface area contributed by atoms with Gasteiger partial charge in [-0.25, -0.2) is 4.39 Å². The first kappa shape index (κ1) is 16.8. The third kappa shape index (κ3) is 3.91. The number of halogens is 1. The van der Waals surface area contributed by atoms with Crippen molar-refractivity contribution in [3.63, 3.8) is 0 Å². The first-order chi connectivity index (χ1) is 12.0. The largest absolute Gasteiger partial charge is 0.349 e. The molecule has 0 aliphatic carbocycles. The number of benzene rings is 2. The van der Waals surface area contributed by atoms with Gasteiger partial charge in [0, 0.05) is 23.6 Å². The molecule has 25 heavy (non-hydrogen) atoms. The van der Waals surface area contributed by atoms with Crippen LogP contribution in [-0.2, 0) is 6.42 Å². The summed E-state index contributed by atoms with van der Waals surface area (Å²) in [6, 6.07) is 13.7. The average molecular weight is 339 g/mol. The molecule has 1 heterocycles. The maximum Gasteiger partial charge on any atom is 0.251 e. The van der Waals surface area contributed by atoms with E-state index < -0.39 is 5.82 Å². The zero-order valence-corrected chi connectivity index (χ0v) is 14.0. The number of nitrogens with zero attached hydrogens (tertiary/aromatic N) is 2. The number of aromatic nitrogens is 2. The van der Waals surface area contributed by atoms with Gasteiger partial charge in [-0.1, -0.05) is 41.6 Å². The van der Waals surface area contributed by atoms with Crippen molar-refractivity contribution in [2.45, 2.75) is 26.3 Å². The fourth-order valence-electron chi connectivity index (χ4n) is 2.51. The Morgan fingerprint density at radius 1 is 1.20 bits per heavy atom. The maximum absolute atomic E-state index is 13.6. The summed E-state index contributed by atoms with van der Waals surface area (Å²) < 4.78 is 18.8. The van der Waals surface area contributed by atoms with Crippen molar-refractivity contribution in [2.24, 2.45) is 0 Å². The van der Waals surface area contributed by atoms with Crippen molar-refractivity contribution in [3.05, 3.63) is 71.4 Å². The molecule has 3 aromatic rings. The molecular formula is C19H18FN3O2. The number of carbonyl (C=O) groups excluding carboxylic acids is 1. The molecule has 0 spiro atoms. The van der Waals surface area contributed by atoms with Crippen LogP contribution in [-0.4, -0.2) is 22.1 Å². The molecule has 1 atom stereocenters. The quantitative estimate of drug-likeness (QED) is 0.772. The average Bonchev–Trinajstić information content (AvgIpc) is 3.06. The molecular weight excluding hydrogens is 321 g/mol. The predicted octanol–water partition coefficient (Wildman–Crippen LogP) is 3.55. The molecule has 0 saturated heterocycles. The molecule has 5 nitrogen and oxygen atoms in total. The number of hydrogen-bond donors (Lipinski definition) is 1. The number of carbonyl (C=O) groups is 1. The normalized spacial score (nSPS) is 12.0. The lowest BCUT2D eigenvalue weighted by Crippen LogP contribution is -2.34. The lowest BCUT2D eigenvalue weighted by atomic mass is 10.1. The van der Waals surface area contributed by atoms with E-state index in [0.717, 1.165) is 5.56 Å². The summed E-state index contributed by atoms with van der Waals surface area (Å²) in [5, 5.41) is 6.78. The Morgan fingerprint density at radius 3 is 2.72 bits per heavy atom. The van der Waals surface area contributed by atoms with Gasteiger partial charge < -0.3 is 9.84 Å². The first-order valence-corrected chi connectivity index (χ1v) is 7.98. The highest BCUT2D eigenvalue weighted by atomic mass is 19.1. The third-order valence-corrected chi connectivity index (χ3v) is 3.87. The Hall–Kier alpha value is -3.02. The van der Waals surface area contributed by atoms with Crippen LogP contribution in [0.15, 0.2) is 53.1 Å². The van der Waals surface area contributed by atoms with E-state index in [-0.39, 0.29) is 11.9 Å². The van der Waals surface area contributed by atoms with E-state index in [9.17, 15) is 9.18 Å². The lowest BCUT2D eigenvalue weighted by molar-refractivity contribution is 0.0937. The molecule has 1 aromatic heterocycles. The monoisotopic (exact) mass is 339 g/mol. The van der Waals surface area contributed by atoms with Crippen molar-refractivity contribution in [1.82, 2.24) is 15.5 Å². The van der Waals surface area contributed by atoms with Crippen molar-refractivity contribution in [3.8, 4) is 11.4 Å². The Balaban J connectivity index is 1.65. The van der Waals surface area contributed by atoms with Crippen molar-refractivity contribution in [1.29, 1.82) is 0 Å². The Morgan fingerprint density at radius 2 is 1.96 bits per heavy atom. The predicted molar refractivity (Wildman–Crippen MR) is 91.5 cm³/mol. The molecule has 2 aromatic carbocycles. The van der Waals surface area contributed by atoms with Gasteiger partial charge in [-0.2, -0.15) is 4.98 Å². The molecule has 0 bridgehead atoms. The van der Waals surface area contributed by atoms with E-state index >= 15 is 0 Å². The minimum Gasteiger partial charge on any atom is -0.349 e. The summed E-state index contributed by atoms with van der Waals surface area (Å²) in [4.78, 5) is 16.6. The second-order valence-electron chi connectivity index (χ2n) is 5.87. The smallest absolute Gasteiger partial charge is 0.251 e. The van der Waals surface area contributed by atoms with Gasteiger partial charge in [0.25, 0.3) is 5.91 Å². The van der Waals surface area contributed by atoms with Gasteiger partial charge in [0.05, 0.1) is 0 Å². The summed E-state index contributed by atoms with van der Waals surface area (Å²) in [6.07, 6.45) is 0.389. The summed E-state index contributed by atoms with van der Waals surface area (Å²) in [6.45, 7) is 3.41. The van der Waals surface area contributed by atoms with Gasteiger partial charge >= 0.3 is 0 Å². The number of amides is 1. The zero-order chi connectivity index (χ0) is 17.8. The van der Waals surface area contributed by atoms with Crippen LogP contribution >= 0.6 is 0 Å². The van der Waals surface area contributed by atoms with E-state index in [1.54, 1.807) is 13.0 Å². The van der Waals surface area contributed by atoms with Crippen molar-refractivity contribution in [2.75, 3.05) is 0 Å². The summed E-state index contributed by atoms with van der Waals surface area (Å²) >= 11 is 0. The highest BCUT2D eigenvalue weighted by Gasteiger charge is 2.17. The summed E-state index contributed by atoms with van der Waals surface area (Å²) in [5.74, 6) is 0.217. The van der Waals surface area contributed by atoms with Crippen LogP contribution in [0.25, 0.3) is 11.4 Å². The van der Waals surface area contributed by atoms with Crippen LogP contribution in [0.4, 0.5) is 4.39 Å². The molecule has 1 N–H and O–H groups in total. The number of hydrogen-bond acceptors (Lipinski definition) is 4. The maximum atomic E-state index is 13.6. The minimum atomic E-state index is -0.398. The molecule has 0 saturated carbocycles. The Bertz CT molecular complexity index is 877. The van der Waals surface area contributed by atoms with E-state index in [2.05, 4.69) is 15.5 Å². The van der Waals surface area contributed by atoms with Crippen LogP contribution in [0.2, 0.25) is 0 Å². The number of nitrogens with one attached hydrogen (secondary N) is 1. The van der Waals surface area contributed by atoms with Gasteiger partial charge in [-0.3, -0.25) is 4.79 Å². The molecule has 0 radical (unpaired) electrons. The SMILES string of the molecule is Cc1c(F)cccc1C(=O)NC(C)Cc1nc(-c2ccccc2)no1. The molecule has 1 amide bonds. The van der Waals surface area contributed by atoms with Crippen LogP contribution in [0, 0.1) is 12.7 Å². The topological polar surface area (TPSA) is 68.0 Å². The van der Waals surface area contributed by atoms with Crippen molar-refractivity contribution >= 4 is 5.91 Å². The number of rotatable bonds is 5.